The van der Waals surface area contributed by atoms with Crippen molar-refractivity contribution in [3.8, 4) is 0 Å². The number of hydrogen-bond acceptors (Lipinski definition) is 3. The first-order valence-electron chi connectivity index (χ1n) is 6.31. The molecule has 0 aliphatic carbocycles. The van der Waals surface area contributed by atoms with Crippen molar-refractivity contribution in [3.63, 3.8) is 0 Å². The predicted octanol–water partition coefficient (Wildman–Crippen LogP) is 1.78. The lowest BCUT2D eigenvalue weighted by Gasteiger charge is -2.17. The highest BCUT2D eigenvalue weighted by Crippen LogP contribution is 2.15. The number of carbonyl (C=O) groups excluding carboxylic acids is 1. The summed E-state index contributed by atoms with van der Waals surface area (Å²) in [6.45, 7) is 4.37. The van der Waals surface area contributed by atoms with E-state index in [0.717, 1.165) is 5.56 Å². The van der Waals surface area contributed by atoms with E-state index < -0.39 is 0 Å². The highest BCUT2D eigenvalue weighted by atomic mass is 19.1. The molecule has 1 aromatic rings. The fourth-order valence-corrected chi connectivity index (χ4v) is 1.65. The van der Waals surface area contributed by atoms with Crippen LogP contribution in [0.2, 0.25) is 0 Å². The van der Waals surface area contributed by atoms with Crippen molar-refractivity contribution in [1.82, 2.24) is 4.90 Å². The minimum absolute atomic E-state index is 0.193. The Morgan fingerprint density at radius 1 is 1.53 bits per heavy atom. The number of likely N-dealkylation sites (N-methyl/N-ethyl adjacent to an activating group) is 1. The standard InChI is InChI=1S/C14H21FN2O2/c1-10-4-5-12(15)8-13(10)16-14(19)9-17(3)7-6-11(2)18/h4-5,8,11,18H,6-7,9H2,1-3H3,(H,16,19). The van der Waals surface area contributed by atoms with Crippen LogP contribution in [-0.2, 0) is 4.79 Å². The number of nitrogens with zero attached hydrogens (tertiary/aromatic N) is 1. The van der Waals surface area contributed by atoms with E-state index in [1.54, 1.807) is 20.0 Å². The molecule has 0 saturated carbocycles. The summed E-state index contributed by atoms with van der Waals surface area (Å²) in [6.07, 6.45) is 0.235. The van der Waals surface area contributed by atoms with Crippen molar-refractivity contribution in [2.45, 2.75) is 26.4 Å². The van der Waals surface area contributed by atoms with E-state index in [0.29, 0.717) is 18.7 Å². The van der Waals surface area contributed by atoms with Gasteiger partial charge < -0.3 is 10.4 Å². The Kier molecular flexibility index (Phi) is 5.92. The monoisotopic (exact) mass is 268 g/mol. The molecule has 4 nitrogen and oxygen atoms in total. The zero-order valence-electron chi connectivity index (χ0n) is 11.6. The topological polar surface area (TPSA) is 52.6 Å². The Labute approximate surface area is 113 Å². The first-order valence-corrected chi connectivity index (χ1v) is 6.31. The molecule has 1 unspecified atom stereocenters. The average molecular weight is 268 g/mol. The molecule has 0 aliphatic rings. The van der Waals surface area contributed by atoms with Gasteiger partial charge in [0.25, 0.3) is 0 Å². The largest absolute Gasteiger partial charge is 0.393 e. The molecule has 1 aromatic carbocycles. The maximum absolute atomic E-state index is 13.1. The molecule has 19 heavy (non-hydrogen) atoms. The van der Waals surface area contributed by atoms with Crippen LogP contribution in [0.3, 0.4) is 0 Å². The lowest BCUT2D eigenvalue weighted by molar-refractivity contribution is -0.117. The minimum Gasteiger partial charge on any atom is -0.393 e. The van der Waals surface area contributed by atoms with Gasteiger partial charge in [-0.25, -0.2) is 4.39 Å². The van der Waals surface area contributed by atoms with Crippen LogP contribution >= 0.6 is 0 Å². The smallest absolute Gasteiger partial charge is 0.238 e. The van der Waals surface area contributed by atoms with Crippen LogP contribution in [-0.4, -0.2) is 42.2 Å². The third kappa shape index (κ3) is 5.81. The first kappa shape index (κ1) is 15.6. The Bertz CT molecular complexity index is 435. The van der Waals surface area contributed by atoms with Crippen molar-refractivity contribution in [1.29, 1.82) is 0 Å². The summed E-state index contributed by atoms with van der Waals surface area (Å²) in [5.41, 5.74) is 1.32. The summed E-state index contributed by atoms with van der Waals surface area (Å²) >= 11 is 0. The van der Waals surface area contributed by atoms with E-state index in [1.807, 2.05) is 11.8 Å². The van der Waals surface area contributed by atoms with Crippen LogP contribution in [0.5, 0.6) is 0 Å². The van der Waals surface area contributed by atoms with Crippen LogP contribution in [0.1, 0.15) is 18.9 Å². The zero-order chi connectivity index (χ0) is 14.4. The molecule has 1 rings (SSSR count). The van der Waals surface area contributed by atoms with Crippen molar-refractivity contribution >= 4 is 11.6 Å². The molecule has 0 aromatic heterocycles. The van der Waals surface area contributed by atoms with E-state index >= 15 is 0 Å². The summed E-state index contributed by atoms with van der Waals surface area (Å²) in [5.74, 6) is -0.565. The van der Waals surface area contributed by atoms with Crippen molar-refractivity contribution < 1.29 is 14.3 Å². The molecule has 5 heteroatoms. The predicted molar refractivity (Wildman–Crippen MR) is 73.6 cm³/mol. The molecule has 0 saturated heterocycles. The van der Waals surface area contributed by atoms with Crippen molar-refractivity contribution in [3.05, 3.63) is 29.6 Å². The number of nitrogens with one attached hydrogen (secondary N) is 1. The summed E-state index contributed by atoms with van der Waals surface area (Å²) in [7, 11) is 1.81. The first-order chi connectivity index (χ1) is 8.88. The van der Waals surface area contributed by atoms with Crippen LogP contribution in [0, 0.1) is 12.7 Å². The van der Waals surface area contributed by atoms with Gasteiger partial charge >= 0.3 is 0 Å². The molecular formula is C14H21FN2O2. The number of rotatable bonds is 6. The fraction of sp³-hybridized carbons (Fsp3) is 0.500. The van der Waals surface area contributed by atoms with Gasteiger partial charge in [0, 0.05) is 12.2 Å². The number of hydrogen-bond donors (Lipinski definition) is 2. The number of aliphatic hydroxyl groups is 1. The fourth-order valence-electron chi connectivity index (χ4n) is 1.65. The molecule has 0 fully saturated rings. The number of aryl methyl sites for hydroxylation is 1. The molecule has 1 atom stereocenters. The quantitative estimate of drug-likeness (QED) is 0.827. The van der Waals surface area contributed by atoms with Gasteiger partial charge in [0.2, 0.25) is 5.91 Å². The van der Waals surface area contributed by atoms with Crippen LogP contribution in [0.4, 0.5) is 10.1 Å². The minimum atomic E-state index is -0.379. The molecule has 0 spiro atoms. The van der Waals surface area contributed by atoms with Crippen LogP contribution < -0.4 is 5.32 Å². The Morgan fingerprint density at radius 2 is 2.21 bits per heavy atom. The lowest BCUT2D eigenvalue weighted by Crippen LogP contribution is -2.32. The maximum Gasteiger partial charge on any atom is 0.238 e. The number of aliphatic hydroxyl groups excluding tert-OH is 1. The third-order valence-electron chi connectivity index (χ3n) is 2.82. The van der Waals surface area contributed by atoms with Gasteiger partial charge in [-0.1, -0.05) is 6.07 Å². The van der Waals surface area contributed by atoms with Gasteiger partial charge in [-0.3, -0.25) is 9.69 Å². The molecule has 0 radical (unpaired) electrons. The van der Waals surface area contributed by atoms with E-state index in [4.69, 9.17) is 5.11 Å². The Morgan fingerprint density at radius 3 is 2.84 bits per heavy atom. The molecular weight excluding hydrogens is 247 g/mol. The van der Waals surface area contributed by atoms with Crippen molar-refractivity contribution in [2.24, 2.45) is 0 Å². The van der Waals surface area contributed by atoms with E-state index in [2.05, 4.69) is 5.32 Å². The summed E-state index contributed by atoms with van der Waals surface area (Å²) in [4.78, 5) is 13.6. The van der Waals surface area contributed by atoms with Gasteiger partial charge in [0.1, 0.15) is 5.82 Å². The molecule has 106 valence electrons. The molecule has 0 heterocycles. The van der Waals surface area contributed by atoms with Gasteiger partial charge in [-0.2, -0.15) is 0 Å². The lowest BCUT2D eigenvalue weighted by atomic mass is 10.2. The second kappa shape index (κ2) is 7.21. The molecule has 2 N–H and O–H groups in total. The highest BCUT2D eigenvalue weighted by Gasteiger charge is 2.09. The molecule has 0 aliphatic heterocycles. The van der Waals surface area contributed by atoms with E-state index in [-0.39, 0.29) is 24.4 Å². The molecule has 1 amide bonds. The van der Waals surface area contributed by atoms with Gasteiger partial charge in [0.15, 0.2) is 0 Å². The van der Waals surface area contributed by atoms with Crippen LogP contribution in [0.15, 0.2) is 18.2 Å². The summed E-state index contributed by atoms with van der Waals surface area (Å²) in [5, 5.41) is 11.9. The maximum atomic E-state index is 13.1. The summed E-state index contributed by atoms with van der Waals surface area (Å²) < 4.78 is 13.1. The van der Waals surface area contributed by atoms with Gasteiger partial charge in [0.05, 0.1) is 12.6 Å². The highest BCUT2D eigenvalue weighted by molar-refractivity contribution is 5.92. The Hall–Kier alpha value is -1.46. The molecule has 0 bridgehead atoms. The van der Waals surface area contributed by atoms with E-state index in [9.17, 15) is 9.18 Å². The SMILES string of the molecule is Cc1ccc(F)cc1NC(=O)CN(C)CCC(C)O. The third-order valence-corrected chi connectivity index (χ3v) is 2.82. The number of anilines is 1. The zero-order valence-corrected chi connectivity index (χ0v) is 11.6. The van der Waals surface area contributed by atoms with Crippen LogP contribution in [0.25, 0.3) is 0 Å². The van der Waals surface area contributed by atoms with Gasteiger partial charge in [-0.15, -0.1) is 0 Å². The number of carbonyl (C=O) groups is 1. The normalized spacial score (nSPS) is 12.5. The average Bonchev–Trinajstić information content (AvgIpc) is 2.31. The van der Waals surface area contributed by atoms with E-state index in [1.165, 1.54) is 12.1 Å². The second-order valence-corrected chi connectivity index (χ2v) is 4.88. The second-order valence-electron chi connectivity index (χ2n) is 4.88. The Balaban J connectivity index is 2.48. The van der Waals surface area contributed by atoms with Crippen molar-refractivity contribution in [2.75, 3.05) is 25.5 Å². The number of benzene rings is 1. The number of halogens is 1. The number of amides is 1. The van der Waals surface area contributed by atoms with Gasteiger partial charge in [-0.05, 0) is 45.0 Å². The summed E-state index contributed by atoms with van der Waals surface area (Å²) in [6, 6.07) is 4.30.